The first-order chi connectivity index (χ1) is 12.8. The first-order valence-corrected chi connectivity index (χ1v) is 9.20. The average molecular weight is 403 g/mol. The van der Waals surface area contributed by atoms with Crippen molar-refractivity contribution in [2.45, 2.75) is 38.6 Å². The Bertz CT molecular complexity index is 930. The zero-order valence-corrected chi connectivity index (χ0v) is 16.2. The van der Waals surface area contributed by atoms with Crippen molar-refractivity contribution >= 4 is 29.1 Å². The quantitative estimate of drug-likeness (QED) is 0.796. The molecule has 0 spiro atoms. The Balaban J connectivity index is 2.33. The Morgan fingerprint density at radius 1 is 1.19 bits per heavy atom. The number of ether oxygens (including phenoxy) is 2. The van der Waals surface area contributed by atoms with E-state index in [0.717, 1.165) is 0 Å². The molecule has 8 heteroatoms. The molecular formula is C19H16Cl2N4O2. The SMILES string of the molecule is CCCC1OC2(c3ccc(Cl)cc3Cl)OC(=N)C(C#N)(C2C)C1(C#N)C#N. The van der Waals surface area contributed by atoms with Crippen molar-refractivity contribution in [3.63, 3.8) is 0 Å². The monoisotopic (exact) mass is 402 g/mol. The molecule has 0 aromatic heterocycles. The van der Waals surface area contributed by atoms with E-state index in [-0.39, 0.29) is 5.02 Å². The van der Waals surface area contributed by atoms with Gasteiger partial charge < -0.3 is 9.47 Å². The molecule has 0 radical (unpaired) electrons. The molecule has 0 saturated carbocycles. The van der Waals surface area contributed by atoms with E-state index in [0.29, 0.717) is 23.4 Å². The first-order valence-electron chi connectivity index (χ1n) is 8.44. The van der Waals surface area contributed by atoms with Gasteiger partial charge in [-0.2, -0.15) is 15.8 Å². The van der Waals surface area contributed by atoms with Crippen LogP contribution in [-0.2, 0) is 15.3 Å². The standard InChI is InChI=1S/C19H16Cl2N4O2/c1-3-4-15-17(8-22,9-23)18(10-24)11(2)19(26-15,27-16(18)25)13-6-5-12(20)7-14(13)21/h5-7,11,15,25H,3-4H2,1-2H3. The largest absolute Gasteiger partial charge is 0.443 e. The van der Waals surface area contributed by atoms with E-state index >= 15 is 0 Å². The molecule has 138 valence electrons. The van der Waals surface area contributed by atoms with Crippen molar-refractivity contribution in [3.8, 4) is 18.2 Å². The van der Waals surface area contributed by atoms with Gasteiger partial charge in [0.1, 0.15) is 0 Å². The van der Waals surface area contributed by atoms with Crippen molar-refractivity contribution in [2.24, 2.45) is 16.7 Å². The summed E-state index contributed by atoms with van der Waals surface area (Å²) in [5.41, 5.74) is -3.24. The molecule has 27 heavy (non-hydrogen) atoms. The van der Waals surface area contributed by atoms with Crippen LogP contribution in [0.5, 0.6) is 0 Å². The van der Waals surface area contributed by atoms with Crippen LogP contribution in [0.2, 0.25) is 10.0 Å². The summed E-state index contributed by atoms with van der Waals surface area (Å²) >= 11 is 12.4. The van der Waals surface area contributed by atoms with Crippen molar-refractivity contribution in [2.75, 3.05) is 0 Å². The number of benzene rings is 1. The lowest BCUT2D eigenvalue weighted by Crippen LogP contribution is -2.60. The predicted molar refractivity (Wildman–Crippen MR) is 97.6 cm³/mol. The zero-order chi connectivity index (χ0) is 20.0. The van der Waals surface area contributed by atoms with E-state index in [1.165, 1.54) is 6.07 Å². The maximum absolute atomic E-state index is 10.1. The van der Waals surface area contributed by atoms with Gasteiger partial charge in [-0.05, 0) is 24.6 Å². The van der Waals surface area contributed by atoms with Gasteiger partial charge in [-0.1, -0.05) is 43.5 Å². The molecule has 1 N–H and O–H groups in total. The lowest BCUT2D eigenvalue weighted by Gasteiger charge is -2.48. The van der Waals surface area contributed by atoms with Crippen molar-refractivity contribution in [1.82, 2.24) is 0 Å². The highest BCUT2D eigenvalue weighted by atomic mass is 35.5. The summed E-state index contributed by atoms with van der Waals surface area (Å²) in [6.45, 7) is 3.53. The van der Waals surface area contributed by atoms with Crippen LogP contribution >= 0.6 is 23.2 Å². The number of hydrogen-bond acceptors (Lipinski definition) is 6. The molecule has 4 atom stereocenters. The number of hydrogen-bond donors (Lipinski definition) is 1. The second-order valence-electron chi connectivity index (χ2n) is 6.79. The number of rotatable bonds is 3. The molecule has 1 aromatic rings. The van der Waals surface area contributed by atoms with Crippen molar-refractivity contribution in [1.29, 1.82) is 21.2 Å². The normalized spacial score (nSPS) is 33.4. The summed E-state index contributed by atoms with van der Waals surface area (Å²) < 4.78 is 12.1. The zero-order valence-electron chi connectivity index (χ0n) is 14.7. The minimum Gasteiger partial charge on any atom is -0.443 e. The summed E-state index contributed by atoms with van der Waals surface area (Å²) in [6.07, 6.45) is 0.0348. The van der Waals surface area contributed by atoms with Crippen molar-refractivity contribution in [3.05, 3.63) is 33.8 Å². The molecule has 4 unspecified atom stereocenters. The molecule has 0 amide bonds. The fourth-order valence-corrected chi connectivity index (χ4v) is 4.79. The third-order valence-electron chi connectivity index (χ3n) is 5.64. The Morgan fingerprint density at radius 3 is 2.37 bits per heavy atom. The second kappa shape index (κ2) is 6.39. The van der Waals surface area contributed by atoms with Crippen LogP contribution in [0.15, 0.2) is 18.2 Å². The van der Waals surface area contributed by atoms with Gasteiger partial charge in [0.15, 0.2) is 10.8 Å². The first kappa shape index (κ1) is 19.5. The van der Waals surface area contributed by atoms with Crippen LogP contribution in [0.4, 0.5) is 0 Å². The molecule has 2 aliphatic rings. The summed E-state index contributed by atoms with van der Waals surface area (Å²) in [5.74, 6) is -2.83. The third-order valence-corrected chi connectivity index (χ3v) is 6.19. The molecule has 2 aliphatic heterocycles. The molecule has 2 bridgehead atoms. The van der Waals surface area contributed by atoms with Gasteiger partial charge in [-0.15, -0.1) is 0 Å². The topological polar surface area (TPSA) is 114 Å². The Labute approximate surface area is 167 Å². The number of nitrogens with one attached hydrogen (secondary N) is 1. The summed E-state index contributed by atoms with van der Waals surface area (Å²) in [7, 11) is 0. The Morgan fingerprint density at radius 2 is 1.85 bits per heavy atom. The van der Waals surface area contributed by atoms with Crippen LogP contribution in [-0.4, -0.2) is 12.0 Å². The van der Waals surface area contributed by atoms with Crippen LogP contribution in [0, 0.1) is 56.2 Å². The third kappa shape index (κ3) is 2.17. The lowest BCUT2D eigenvalue weighted by molar-refractivity contribution is -0.286. The molecule has 2 heterocycles. The minimum atomic E-state index is -1.87. The predicted octanol–water partition coefficient (Wildman–Crippen LogP) is 4.53. The van der Waals surface area contributed by atoms with Gasteiger partial charge in [-0.3, -0.25) is 5.41 Å². The Kier molecular flexibility index (Phi) is 4.61. The van der Waals surface area contributed by atoms with Crippen LogP contribution in [0.1, 0.15) is 32.3 Å². The molecule has 3 rings (SSSR count). The summed E-state index contributed by atoms with van der Waals surface area (Å²) in [6, 6.07) is 10.8. The number of halogens is 2. The maximum atomic E-state index is 10.1. The molecule has 2 saturated heterocycles. The van der Waals surface area contributed by atoms with Crippen LogP contribution < -0.4 is 0 Å². The van der Waals surface area contributed by atoms with Gasteiger partial charge in [0.25, 0.3) is 0 Å². The summed E-state index contributed by atoms with van der Waals surface area (Å²) in [5, 5.41) is 39.1. The minimum absolute atomic E-state index is 0.257. The highest BCUT2D eigenvalue weighted by Crippen LogP contribution is 2.66. The smallest absolute Gasteiger partial charge is 0.245 e. The van der Waals surface area contributed by atoms with Gasteiger partial charge in [0.2, 0.25) is 11.7 Å². The van der Waals surface area contributed by atoms with E-state index < -0.39 is 34.5 Å². The van der Waals surface area contributed by atoms with Gasteiger partial charge in [0, 0.05) is 10.6 Å². The van der Waals surface area contributed by atoms with E-state index in [2.05, 4.69) is 6.07 Å². The van der Waals surface area contributed by atoms with Crippen molar-refractivity contribution < 1.29 is 9.47 Å². The number of fused-ring (bicyclic) bond motifs is 2. The highest BCUT2D eigenvalue weighted by Gasteiger charge is 2.79. The van der Waals surface area contributed by atoms with E-state index in [9.17, 15) is 15.8 Å². The highest BCUT2D eigenvalue weighted by molar-refractivity contribution is 6.35. The van der Waals surface area contributed by atoms with Gasteiger partial charge in [-0.25, -0.2) is 0 Å². The summed E-state index contributed by atoms with van der Waals surface area (Å²) in [4.78, 5) is 0. The van der Waals surface area contributed by atoms with Gasteiger partial charge in [0.05, 0.1) is 35.3 Å². The second-order valence-corrected chi connectivity index (χ2v) is 7.63. The lowest BCUT2D eigenvalue weighted by atomic mass is 9.53. The number of nitrogens with zero attached hydrogens (tertiary/aromatic N) is 3. The van der Waals surface area contributed by atoms with Crippen LogP contribution in [0.25, 0.3) is 0 Å². The average Bonchev–Trinajstić information content (AvgIpc) is 2.79. The maximum Gasteiger partial charge on any atom is 0.245 e. The molecule has 1 aromatic carbocycles. The fraction of sp³-hybridized carbons (Fsp3) is 0.474. The molecule has 6 nitrogen and oxygen atoms in total. The molecule has 0 aliphatic carbocycles. The van der Waals surface area contributed by atoms with E-state index in [1.807, 2.05) is 19.1 Å². The van der Waals surface area contributed by atoms with Crippen LogP contribution in [0.3, 0.4) is 0 Å². The van der Waals surface area contributed by atoms with E-state index in [1.54, 1.807) is 19.1 Å². The Hall–Kier alpha value is -2.30. The van der Waals surface area contributed by atoms with Gasteiger partial charge >= 0.3 is 0 Å². The van der Waals surface area contributed by atoms with E-state index in [4.69, 9.17) is 38.1 Å². The molecular weight excluding hydrogens is 387 g/mol. The fourth-order valence-electron chi connectivity index (χ4n) is 4.25. The molecule has 2 fully saturated rings. The number of nitriles is 3.